The summed E-state index contributed by atoms with van der Waals surface area (Å²) in [6.07, 6.45) is 0. The minimum Gasteiger partial charge on any atom is -0.493 e. The SMILES string of the molecule is CNC(=O)CNC(=O)c1cc(-c2ccc(OC)c(OC)c2)nc2ccccc12. The number of benzene rings is 2. The summed E-state index contributed by atoms with van der Waals surface area (Å²) in [5, 5.41) is 5.83. The molecule has 0 aliphatic rings. The van der Waals surface area contributed by atoms with Crippen molar-refractivity contribution in [3.63, 3.8) is 0 Å². The van der Waals surface area contributed by atoms with E-state index in [1.807, 2.05) is 36.4 Å². The molecule has 28 heavy (non-hydrogen) atoms. The summed E-state index contributed by atoms with van der Waals surface area (Å²) in [5.74, 6) is 0.562. The molecular weight excluding hydrogens is 358 g/mol. The fraction of sp³-hybridized carbons (Fsp3) is 0.190. The van der Waals surface area contributed by atoms with Crippen LogP contribution in [0.2, 0.25) is 0 Å². The largest absolute Gasteiger partial charge is 0.493 e. The second-order valence-electron chi connectivity index (χ2n) is 6.00. The van der Waals surface area contributed by atoms with E-state index in [0.717, 1.165) is 5.56 Å². The number of rotatable bonds is 6. The molecule has 2 aromatic carbocycles. The van der Waals surface area contributed by atoms with Crippen LogP contribution in [0.25, 0.3) is 22.2 Å². The molecule has 7 heteroatoms. The van der Waals surface area contributed by atoms with Crippen molar-refractivity contribution in [3.05, 3.63) is 54.1 Å². The van der Waals surface area contributed by atoms with E-state index in [9.17, 15) is 9.59 Å². The summed E-state index contributed by atoms with van der Waals surface area (Å²) in [7, 11) is 4.65. The van der Waals surface area contributed by atoms with Gasteiger partial charge >= 0.3 is 0 Å². The molecule has 3 aromatic rings. The van der Waals surface area contributed by atoms with Gasteiger partial charge in [-0.2, -0.15) is 0 Å². The molecule has 2 N–H and O–H groups in total. The lowest BCUT2D eigenvalue weighted by atomic mass is 10.0. The van der Waals surface area contributed by atoms with Crippen LogP contribution in [-0.4, -0.2) is 44.6 Å². The number of amides is 2. The number of hydrogen-bond donors (Lipinski definition) is 2. The molecule has 1 heterocycles. The van der Waals surface area contributed by atoms with Gasteiger partial charge in [0, 0.05) is 18.0 Å². The van der Waals surface area contributed by atoms with Crippen molar-refractivity contribution in [1.82, 2.24) is 15.6 Å². The fourth-order valence-corrected chi connectivity index (χ4v) is 2.85. The Morgan fingerprint density at radius 1 is 1.00 bits per heavy atom. The average Bonchev–Trinajstić information content (AvgIpc) is 2.75. The standard InChI is InChI=1S/C21H21N3O4/c1-22-20(25)12-23-21(26)15-11-17(24-16-7-5-4-6-14(15)16)13-8-9-18(27-2)19(10-13)28-3/h4-11H,12H2,1-3H3,(H,22,25)(H,23,26). The molecule has 0 spiro atoms. The van der Waals surface area contributed by atoms with E-state index in [2.05, 4.69) is 15.6 Å². The highest BCUT2D eigenvalue weighted by molar-refractivity contribution is 6.08. The Labute approximate surface area is 162 Å². The molecule has 0 unspecified atom stereocenters. The van der Waals surface area contributed by atoms with E-state index >= 15 is 0 Å². The molecule has 2 amide bonds. The van der Waals surface area contributed by atoms with Gasteiger partial charge in [0.05, 0.1) is 37.5 Å². The lowest BCUT2D eigenvalue weighted by Crippen LogP contribution is -2.35. The van der Waals surface area contributed by atoms with Crippen molar-refractivity contribution >= 4 is 22.7 Å². The molecule has 0 saturated carbocycles. The zero-order valence-electron chi connectivity index (χ0n) is 15.9. The number of carbonyl (C=O) groups is 2. The molecule has 7 nitrogen and oxygen atoms in total. The number of carbonyl (C=O) groups excluding carboxylic acids is 2. The Balaban J connectivity index is 2.07. The monoisotopic (exact) mass is 379 g/mol. The number of methoxy groups -OCH3 is 2. The lowest BCUT2D eigenvalue weighted by molar-refractivity contribution is -0.119. The minimum atomic E-state index is -0.344. The van der Waals surface area contributed by atoms with Crippen molar-refractivity contribution in [1.29, 1.82) is 0 Å². The summed E-state index contributed by atoms with van der Waals surface area (Å²) in [5.41, 5.74) is 2.52. The number of fused-ring (bicyclic) bond motifs is 1. The van der Waals surface area contributed by atoms with Gasteiger partial charge in [0.15, 0.2) is 11.5 Å². The van der Waals surface area contributed by atoms with E-state index in [0.29, 0.717) is 33.7 Å². The third-order valence-corrected chi connectivity index (χ3v) is 4.33. The maximum atomic E-state index is 12.7. The van der Waals surface area contributed by atoms with Crippen LogP contribution in [0, 0.1) is 0 Å². The average molecular weight is 379 g/mol. The number of nitrogens with zero attached hydrogens (tertiary/aromatic N) is 1. The van der Waals surface area contributed by atoms with Gasteiger partial charge in [-0.3, -0.25) is 9.59 Å². The van der Waals surface area contributed by atoms with Crippen LogP contribution in [0.4, 0.5) is 0 Å². The highest BCUT2D eigenvalue weighted by Gasteiger charge is 2.15. The highest BCUT2D eigenvalue weighted by atomic mass is 16.5. The van der Waals surface area contributed by atoms with Crippen LogP contribution < -0.4 is 20.1 Å². The van der Waals surface area contributed by atoms with Gasteiger partial charge in [-0.25, -0.2) is 4.98 Å². The summed E-state index contributed by atoms with van der Waals surface area (Å²) in [4.78, 5) is 28.9. The second kappa shape index (κ2) is 8.39. The Morgan fingerprint density at radius 3 is 2.46 bits per heavy atom. The van der Waals surface area contributed by atoms with Crippen LogP contribution in [0.15, 0.2) is 48.5 Å². The zero-order chi connectivity index (χ0) is 20.1. The number of nitrogens with one attached hydrogen (secondary N) is 2. The quantitative estimate of drug-likeness (QED) is 0.686. The van der Waals surface area contributed by atoms with E-state index in [4.69, 9.17) is 9.47 Å². The van der Waals surface area contributed by atoms with Crippen LogP contribution in [-0.2, 0) is 4.79 Å². The van der Waals surface area contributed by atoms with Gasteiger partial charge in [0.25, 0.3) is 5.91 Å². The van der Waals surface area contributed by atoms with Gasteiger partial charge < -0.3 is 20.1 Å². The third kappa shape index (κ3) is 3.88. The van der Waals surface area contributed by atoms with Crippen molar-refractivity contribution < 1.29 is 19.1 Å². The lowest BCUT2D eigenvalue weighted by Gasteiger charge is -2.12. The van der Waals surface area contributed by atoms with Crippen molar-refractivity contribution in [2.45, 2.75) is 0 Å². The minimum absolute atomic E-state index is 0.0995. The smallest absolute Gasteiger partial charge is 0.252 e. The maximum Gasteiger partial charge on any atom is 0.252 e. The normalized spacial score (nSPS) is 10.4. The first-order valence-electron chi connectivity index (χ1n) is 8.68. The van der Waals surface area contributed by atoms with Gasteiger partial charge in [0.2, 0.25) is 5.91 Å². The van der Waals surface area contributed by atoms with Gasteiger partial charge in [-0.15, -0.1) is 0 Å². The van der Waals surface area contributed by atoms with E-state index in [1.165, 1.54) is 7.05 Å². The molecule has 0 atom stereocenters. The molecule has 1 aromatic heterocycles. The molecule has 0 fully saturated rings. The number of pyridine rings is 1. The summed E-state index contributed by atoms with van der Waals surface area (Å²) < 4.78 is 10.6. The van der Waals surface area contributed by atoms with Gasteiger partial charge in [-0.1, -0.05) is 18.2 Å². The molecular formula is C21H21N3O4. The maximum absolute atomic E-state index is 12.7. The van der Waals surface area contributed by atoms with Crippen LogP contribution >= 0.6 is 0 Å². The number of aromatic nitrogens is 1. The first-order chi connectivity index (χ1) is 13.6. The van der Waals surface area contributed by atoms with Crippen LogP contribution in [0.5, 0.6) is 11.5 Å². The Bertz CT molecular complexity index is 1030. The Morgan fingerprint density at radius 2 is 1.75 bits per heavy atom. The first kappa shape index (κ1) is 19.2. The summed E-state index contributed by atoms with van der Waals surface area (Å²) in [6.45, 7) is -0.0995. The van der Waals surface area contributed by atoms with Crippen molar-refractivity contribution in [3.8, 4) is 22.8 Å². The molecule has 3 rings (SSSR count). The Kier molecular flexibility index (Phi) is 5.74. The topological polar surface area (TPSA) is 89.6 Å². The molecule has 0 aliphatic heterocycles. The van der Waals surface area contributed by atoms with Gasteiger partial charge in [-0.05, 0) is 30.3 Å². The predicted octanol–water partition coefficient (Wildman–Crippen LogP) is 2.39. The number of likely N-dealkylation sites (N-methyl/N-ethyl adjacent to an activating group) is 1. The van der Waals surface area contributed by atoms with E-state index in [-0.39, 0.29) is 18.4 Å². The molecule has 0 bridgehead atoms. The van der Waals surface area contributed by atoms with E-state index < -0.39 is 0 Å². The molecule has 144 valence electrons. The fourth-order valence-electron chi connectivity index (χ4n) is 2.85. The third-order valence-electron chi connectivity index (χ3n) is 4.33. The summed E-state index contributed by atoms with van der Waals surface area (Å²) in [6, 6.07) is 14.5. The second-order valence-corrected chi connectivity index (χ2v) is 6.00. The molecule has 0 saturated heterocycles. The van der Waals surface area contributed by atoms with Crippen LogP contribution in [0.1, 0.15) is 10.4 Å². The predicted molar refractivity (Wildman–Crippen MR) is 107 cm³/mol. The van der Waals surface area contributed by atoms with Crippen molar-refractivity contribution in [2.24, 2.45) is 0 Å². The molecule has 0 radical (unpaired) electrons. The Hall–Kier alpha value is -3.61. The number of hydrogen-bond acceptors (Lipinski definition) is 5. The highest BCUT2D eigenvalue weighted by Crippen LogP contribution is 2.33. The summed E-state index contributed by atoms with van der Waals surface area (Å²) >= 11 is 0. The van der Waals surface area contributed by atoms with Crippen molar-refractivity contribution in [2.75, 3.05) is 27.8 Å². The van der Waals surface area contributed by atoms with Crippen LogP contribution in [0.3, 0.4) is 0 Å². The van der Waals surface area contributed by atoms with Gasteiger partial charge in [0.1, 0.15) is 0 Å². The van der Waals surface area contributed by atoms with E-state index in [1.54, 1.807) is 26.4 Å². The molecule has 0 aliphatic carbocycles. The number of ether oxygens (including phenoxy) is 2. The number of para-hydroxylation sites is 1. The zero-order valence-corrected chi connectivity index (χ0v) is 15.9. The first-order valence-corrected chi connectivity index (χ1v) is 8.68.